The van der Waals surface area contributed by atoms with Gasteiger partial charge in [-0.25, -0.2) is 0 Å². The van der Waals surface area contributed by atoms with Gasteiger partial charge in [-0.3, -0.25) is 4.90 Å². The number of aliphatic hydroxyl groups is 1. The van der Waals surface area contributed by atoms with Gasteiger partial charge in [0.2, 0.25) is 0 Å². The summed E-state index contributed by atoms with van der Waals surface area (Å²) in [5, 5.41) is 14.5. The van der Waals surface area contributed by atoms with Gasteiger partial charge in [-0.1, -0.05) is 11.2 Å². The van der Waals surface area contributed by atoms with Crippen LogP contribution in [0, 0.1) is 26.7 Å². The van der Waals surface area contributed by atoms with Crippen molar-refractivity contribution in [2.75, 3.05) is 31.1 Å². The molecule has 2 atom stereocenters. The van der Waals surface area contributed by atoms with Crippen LogP contribution in [0.25, 0.3) is 0 Å². The first-order valence-electron chi connectivity index (χ1n) is 10.2. The lowest BCUT2D eigenvalue weighted by molar-refractivity contribution is 0.129. The van der Waals surface area contributed by atoms with Crippen LogP contribution >= 0.6 is 0 Å². The number of aliphatic hydroxyl groups excluding tert-OH is 1. The Labute approximate surface area is 162 Å². The lowest BCUT2D eigenvalue weighted by atomic mass is 10.00. The standard InChI is InChI=1S/C22H31N3O2/c1-15-8-16(2)10-20(9-15)24-6-4-19(5-7-24)25-13-18(22(26)14-25)12-21-11-17(3)23-27-21/h8-11,18-19,22,26H,4-7,12-14H2,1-3H3/t18-,22-/m1/s1. The molecule has 2 fully saturated rings. The van der Waals surface area contributed by atoms with Crippen molar-refractivity contribution in [2.45, 2.75) is 52.2 Å². The summed E-state index contributed by atoms with van der Waals surface area (Å²) in [4.78, 5) is 5.01. The zero-order valence-corrected chi connectivity index (χ0v) is 16.7. The van der Waals surface area contributed by atoms with Crippen LogP contribution in [0.3, 0.4) is 0 Å². The maximum absolute atomic E-state index is 10.5. The topological polar surface area (TPSA) is 52.7 Å². The second kappa shape index (κ2) is 7.64. The van der Waals surface area contributed by atoms with E-state index in [0.29, 0.717) is 6.04 Å². The van der Waals surface area contributed by atoms with E-state index < -0.39 is 0 Å². The average molecular weight is 370 g/mol. The number of nitrogens with zero attached hydrogens (tertiary/aromatic N) is 3. The van der Waals surface area contributed by atoms with Gasteiger partial charge in [0.1, 0.15) is 5.76 Å². The third-order valence-electron chi connectivity index (χ3n) is 6.13. The van der Waals surface area contributed by atoms with Gasteiger partial charge in [-0.2, -0.15) is 0 Å². The minimum Gasteiger partial charge on any atom is -0.391 e. The summed E-state index contributed by atoms with van der Waals surface area (Å²) in [6.45, 7) is 10.2. The van der Waals surface area contributed by atoms with Gasteiger partial charge in [0.15, 0.2) is 0 Å². The first kappa shape index (κ1) is 18.5. The predicted octanol–water partition coefficient (Wildman–Crippen LogP) is 3.10. The smallest absolute Gasteiger partial charge is 0.137 e. The van der Waals surface area contributed by atoms with E-state index in [-0.39, 0.29) is 12.0 Å². The van der Waals surface area contributed by atoms with Crippen molar-refractivity contribution in [1.29, 1.82) is 0 Å². The monoisotopic (exact) mass is 369 g/mol. The number of likely N-dealkylation sites (tertiary alicyclic amines) is 1. The van der Waals surface area contributed by atoms with E-state index in [1.807, 2.05) is 13.0 Å². The molecule has 1 aromatic heterocycles. The van der Waals surface area contributed by atoms with Crippen LogP contribution in [-0.2, 0) is 6.42 Å². The average Bonchev–Trinajstić information content (AvgIpc) is 3.20. The van der Waals surface area contributed by atoms with Crippen LogP contribution in [0.2, 0.25) is 0 Å². The maximum atomic E-state index is 10.5. The molecule has 2 saturated heterocycles. The molecule has 0 spiro atoms. The summed E-state index contributed by atoms with van der Waals surface area (Å²) in [6.07, 6.45) is 2.83. The van der Waals surface area contributed by atoms with E-state index >= 15 is 0 Å². The van der Waals surface area contributed by atoms with Crippen molar-refractivity contribution in [3.63, 3.8) is 0 Å². The number of β-amino-alcohol motifs (C(OH)–C–C–N with tert-alkyl or cyclic N) is 1. The molecule has 4 rings (SSSR count). The van der Waals surface area contributed by atoms with Gasteiger partial charge in [0, 0.05) is 56.3 Å². The highest BCUT2D eigenvalue weighted by molar-refractivity contribution is 5.51. The number of piperidine rings is 1. The zero-order chi connectivity index (χ0) is 19.0. The first-order valence-corrected chi connectivity index (χ1v) is 10.2. The minimum atomic E-state index is -0.271. The van der Waals surface area contributed by atoms with Gasteiger partial charge in [-0.15, -0.1) is 0 Å². The minimum absolute atomic E-state index is 0.245. The highest BCUT2D eigenvalue weighted by Gasteiger charge is 2.36. The number of aromatic nitrogens is 1. The SMILES string of the molecule is Cc1cc(C)cc(N2CCC(N3C[C@@H](Cc4cc(C)no4)[C@H](O)C3)CC2)c1. The molecule has 3 heterocycles. The molecular formula is C22H31N3O2. The third-order valence-corrected chi connectivity index (χ3v) is 6.13. The van der Waals surface area contributed by atoms with E-state index in [1.54, 1.807) is 0 Å². The van der Waals surface area contributed by atoms with Crippen LogP contribution in [0.1, 0.15) is 35.4 Å². The number of anilines is 1. The second-order valence-corrected chi connectivity index (χ2v) is 8.48. The number of benzene rings is 1. The Balaban J connectivity index is 1.33. The molecule has 27 heavy (non-hydrogen) atoms. The molecule has 5 nitrogen and oxygen atoms in total. The quantitative estimate of drug-likeness (QED) is 0.897. The Bertz CT molecular complexity index is 759. The van der Waals surface area contributed by atoms with Gasteiger partial charge in [0.05, 0.1) is 11.8 Å². The van der Waals surface area contributed by atoms with E-state index in [2.05, 4.69) is 47.0 Å². The molecule has 2 aromatic rings. The summed E-state index contributed by atoms with van der Waals surface area (Å²) in [6, 6.07) is 9.38. The molecule has 0 saturated carbocycles. The fraction of sp³-hybridized carbons (Fsp3) is 0.591. The van der Waals surface area contributed by atoms with Crippen molar-refractivity contribution >= 4 is 5.69 Å². The van der Waals surface area contributed by atoms with Crippen LogP contribution < -0.4 is 4.90 Å². The van der Waals surface area contributed by atoms with Crippen molar-refractivity contribution in [2.24, 2.45) is 5.92 Å². The van der Waals surface area contributed by atoms with Gasteiger partial charge >= 0.3 is 0 Å². The summed E-state index contributed by atoms with van der Waals surface area (Å²) in [5.41, 5.74) is 4.93. The van der Waals surface area contributed by atoms with E-state index in [0.717, 1.165) is 56.9 Å². The highest BCUT2D eigenvalue weighted by Crippen LogP contribution is 2.29. The van der Waals surface area contributed by atoms with Crippen molar-refractivity contribution in [3.05, 3.63) is 46.8 Å². The molecule has 0 unspecified atom stereocenters. The molecule has 1 N–H and O–H groups in total. The number of aryl methyl sites for hydroxylation is 3. The second-order valence-electron chi connectivity index (χ2n) is 8.48. The van der Waals surface area contributed by atoms with E-state index in [4.69, 9.17) is 4.52 Å². The molecule has 0 aliphatic carbocycles. The van der Waals surface area contributed by atoms with Crippen molar-refractivity contribution in [1.82, 2.24) is 10.1 Å². The number of rotatable bonds is 4. The third kappa shape index (κ3) is 4.19. The number of hydrogen-bond acceptors (Lipinski definition) is 5. The molecular weight excluding hydrogens is 338 g/mol. The Hall–Kier alpha value is -1.85. The van der Waals surface area contributed by atoms with Crippen LogP contribution in [0.4, 0.5) is 5.69 Å². The van der Waals surface area contributed by atoms with Crippen LogP contribution in [0.15, 0.2) is 28.8 Å². The summed E-state index contributed by atoms with van der Waals surface area (Å²) >= 11 is 0. The summed E-state index contributed by atoms with van der Waals surface area (Å²) < 4.78 is 5.35. The van der Waals surface area contributed by atoms with E-state index in [1.165, 1.54) is 16.8 Å². The molecule has 0 amide bonds. The highest BCUT2D eigenvalue weighted by atomic mass is 16.5. The Kier molecular flexibility index (Phi) is 5.24. The Morgan fingerprint density at radius 3 is 2.37 bits per heavy atom. The van der Waals surface area contributed by atoms with Crippen LogP contribution in [-0.4, -0.2) is 53.5 Å². The lowest BCUT2D eigenvalue weighted by Crippen LogP contribution is -2.44. The normalized spacial score (nSPS) is 24.7. The fourth-order valence-electron chi connectivity index (χ4n) is 4.78. The van der Waals surface area contributed by atoms with E-state index in [9.17, 15) is 5.11 Å². The fourth-order valence-corrected chi connectivity index (χ4v) is 4.78. The Morgan fingerprint density at radius 2 is 1.74 bits per heavy atom. The maximum Gasteiger partial charge on any atom is 0.137 e. The molecule has 146 valence electrons. The number of hydrogen-bond donors (Lipinski definition) is 1. The lowest BCUT2D eigenvalue weighted by Gasteiger charge is -2.38. The first-order chi connectivity index (χ1) is 13.0. The molecule has 2 aliphatic heterocycles. The molecule has 0 radical (unpaired) electrons. The summed E-state index contributed by atoms with van der Waals surface area (Å²) in [7, 11) is 0. The molecule has 1 aromatic carbocycles. The zero-order valence-electron chi connectivity index (χ0n) is 16.7. The van der Waals surface area contributed by atoms with Crippen LogP contribution in [0.5, 0.6) is 0 Å². The van der Waals surface area contributed by atoms with Gasteiger partial charge < -0.3 is 14.5 Å². The molecule has 0 bridgehead atoms. The van der Waals surface area contributed by atoms with Gasteiger partial charge in [0.25, 0.3) is 0 Å². The van der Waals surface area contributed by atoms with Crippen molar-refractivity contribution in [3.8, 4) is 0 Å². The summed E-state index contributed by atoms with van der Waals surface area (Å²) in [5.74, 6) is 1.14. The molecule has 5 heteroatoms. The van der Waals surface area contributed by atoms with Gasteiger partial charge in [-0.05, 0) is 56.9 Å². The largest absolute Gasteiger partial charge is 0.391 e. The predicted molar refractivity (Wildman–Crippen MR) is 107 cm³/mol. The molecule has 2 aliphatic rings. The Morgan fingerprint density at radius 1 is 1.04 bits per heavy atom. The van der Waals surface area contributed by atoms with Crippen molar-refractivity contribution < 1.29 is 9.63 Å².